The van der Waals surface area contributed by atoms with Gasteiger partial charge in [-0.2, -0.15) is 0 Å². The second kappa shape index (κ2) is 8.49. The van der Waals surface area contributed by atoms with Crippen LogP contribution in [-0.4, -0.2) is 23.3 Å². The third kappa shape index (κ3) is 5.38. The topological polar surface area (TPSA) is 84.2 Å². The number of halogens is 1. The van der Waals surface area contributed by atoms with Crippen LogP contribution < -0.4 is 10.6 Å². The van der Waals surface area contributed by atoms with Gasteiger partial charge in [-0.25, -0.2) is 4.98 Å². The summed E-state index contributed by atoms with van der Waals surface area (Å²) in [4.78, 5) is 27.8. The van der Waals surface area contributed by atoms with Gasteiger partial charge < -0.3 is 15.1 Å². The van der Waals surface area contributed by atoms with E-state index in [9.17, 15) is 9.59 Å². The van der Waals surface area contributed by atoms with Crippen molar-refractivity contribution in [3.05, 3.63) is 52.2 Å². The molecule has 1 aromatic heterocycles. The van der Waals surface area contributed by atoms with Crippen LogP contribution in [0, 0.1) is 13.8 Å². The van der Waals surface area contributed by atoms with Crippen LogP contribution >= 0.6 is 11.6 Å². The zero-order valence-electron chi connectivity index (χ0n) is 13.7. The molecule has 0 spiro atoms. The molecular formula is C17H20ClN3O3. The lowest BCUT2D eigenvalue weighted by Gasteiger charge is -2.06. The Balaban J connectivity index is 1.63. The molecule has 0 atom stereocenters. The Morgan fingerprint density at radius 3 is 2.50 bits per heavy atom. The Bertz CT molecular complexity index is 691. The molecular weight excluding hydrogens is 330 g/mol. The summed E-state index contributed by atoms with van der Waals surface area (Å²) in [6, 6.07) is 6.64. The molecule has 1 heterocycles. The van der Waals surface area contributed by atoms with E-state index in [1.807, 2.05) is 13.8 Å². The first-order chi connectivity index (χ1) is 11.5. The Kier molecular flexibility index (Phi) is 6.37. The molecule has 2 amide bonds. The maximum absolute atomic E-state index is 11.9. The summed E-state index contributed by atoms with van der Waals surface area (Å²) in [5.74, 6) is 0.959. The van der Waals surface area contributed by atoms with E-state index in [1.165, 1.54) is 0 Å². The quantitative estimate of drug-likeness (QED) is 0.753. The monoisotopic (exact) mass is 349 g/mol. The number of oxazole rings is 1. The third-order valence-corrected chi connectivity index (χ3v) is 3.73. The van der Waals surface area contributed by atoms with Crippen molar-refractivity contribution in [2.24, 2.45) is 0 Å². The van der Waals surface area contributed by atoms with Crippen molar-refractivity contribution in [1.82, 2.24) is 15.6 Å². The van der Waals surface area contributed by atoms with Crippen molar-refractivity contribution >= 4 is 23.4 Å². The molecule has 0 aliphatic rings. The van der Waals surface area contributed by atoms with Gasteiger partial charge in [0.25, 0.3) is 5.91 Å². The molecule has 0 aliphatic heterocycles. The van der Waals surface area contributed by atoms with E-state index in [4.69, 9.17) is 16.0 Å². The number of nitrogens with zero attached hydrogens (tertiary/aromatic N) is 1. The third-order valence-electron chi connectivity index (χ3n) is 3.48. The number of aromatic nitrogens is 1. The lowest BCUT2D eigenvalue weighted by molar-refractivity contribution is -0.121. The fraction of sp³-hybridized carbons (Fsp3) is 0.353. The predicted octanol–water partition coefficient (Wildman–Crippen LogP) is 2.77. The van der Waals surface area contributed by atoms with Gasteiger partial charge in [-0.3, -0.25) is 9.59 Å². The van der Waals surface area contributed by atoms with Crippen LogP contribution in [0.2, 0.25) is 5.02 Å². The molecule has 0 saturated heterocycles. The highest BCUT2D eigenvalue weighted by Gasteiger charge is 2.08. The van der Waals surface area contributed by atoms with Crippen molar-refractivity contribution in [3.8, 4) is 0 Å². The molecule has 2 rings (SSSR count). The Labute approximate surface area is 145 Å². The minimum Gasteiger partial charge on any atom is -0.444 e. The molecule has 7 heteroatoms. The standard InChI is InChI=1S/C17H20ClN3O3/c1-11-12(2)24-16(21-11)10-20-15(22)4-3-9-19-17(23)13-5-7-14(18)8-6-13/h5-8H,3-4,9-10H2,1-2H3,(H,19,23)(H,20,22). The van der Waals surface area contributed by atoms with Gasteiger partial charge in [0.05, 0.1) is 12.2 Å². The Hall–Kier alpha value is -2.34. The summed E-state index contributed by atoms with van der Waals surface area (Å²) in [7, 11) is 0. The van der Waals surface area contributed by atoms with Gasteiger partial charge in [0, 0.05) is 23.6 Å². The van der Waals surface area contributed by atoms with Crippen molar-refractivity contribution < 1.29 is 14.0 Å². The highest BCUT2D eigenvalue weighted by Crippen LogP contribution is 2.09. The molecule has 0 radical (unpaired) electrons. The zero-order chi connectivity index (χ0) is 17.5. The predicted molar refractivity (Wildman–Crippen MR) is 90.8 cm³/mol. The minimum atomic E-state index is -0.183. The van der Waals surface area contributed by atoms with Crippen LogP contribution in [0.4, 0.5) is 0 Å². The van der Waals surface area contributed by atoms with Crippen molar-refractivity contribution in [3.63, 3.8) is 0 Å². The van der Waals surface area contributed by atoms with Crippen LogP contribution in [0.25, 0.3) is 0 Å². The summed E-state index contributed by atoms with van der Waals surface area (Å²) in [5, 5.41) is 6.09. The van der Waals surface area contributed by atoms with Gasteiger partial charge in [-0.1, -0.05) is 11.6 Å². The van der Waals surface area contributed by atoms with Gasteiger partial charge in [0.1, 0.15) is 5.76 Å². The first kappa shape index (κ1) is 18.0. The highest BCUT2D eigenvalue weighted by atomic mass is 35.5. The van der Waals surface area contributed by atoms with Crippen molar-refractivity contribution in [2.75, 3.05) is 6.54 Å². The number of carbonyl (C=O) groups is 2. The van der Waals surface area contributed by atoms with Crippen LogP contribution in [0.3, 0.4) is 0 Å². The SMILES string of the molecule is Cc1nc(CNC(=O)CCCNC(=O)c2ccc(Cl)cc2)oc1C. The second-order valence-corrected chi connectivity index (χ2v) is 5.83. The lowest BCUT2D eigenvalue weighted by Crippen LogP contribution is -2.27. The van der Waals surface area contributed by atoms with E-state index >= 15 is 0 Å². The number of benzene rings is 1. The summed E-state index contributed by atoms with van der Waals surface area (Å²) in [5.41, 5.74) is 1.36. The highest BCUT2D eigenvalue weighted by molar-refractivity contribution is 6.30. The summed E-state index contributed by atoms with van der Waals surface area (Å²) in [6.07, 6.45) is 0.869. The molecule has 128 valence electrons. The second-order valence-electron chi connectivity index (χ2n) is 5.39. The summed E-state index contributed by atoms with van der Waals surface area (Å²) < 4.78 is 5.39. The zero-order valence-corrected chi connectivity index (χ0v) is 14.4. The first-order valence-corrected chi connectivity index (χ1v) is 8.07. The molecule has 1 aromatic carbocycles. The van der Waals surface area contributed by atoms with Crippen LogP contribution in [0.15, 0.2) is 28.7 Å². The molecule has 0 saturated carbocycles. The fourth-order valence-corrected chi connectivity index (χ4v) is 2.16. The molecule has 2 N–H and O–H groups in total. The number of carbonyl (C=O) groups excluding carboxylic acids is 2. The average molecular weight is 350 g/mol. The molecule has 0 bridgehead atoms. The van der Waals surface area contributed by atoms with Crippen molar-refractivity contribution in [1.29, 1.82) is 0 Å². The fourth-order valence-electron chi connectivity index (χ4n) is 2.03. The smallest absolute Gasteiger partial charge is 0.251 e. The van der Waals surface area contributed by atoms with Crippen molar-refractivity contribution in [2.45, 2.75) is 33.2 Å². The summed E-state index contributed by atoms with van der Waals surface area (Å²) in [6.45, 7) is 4.38. The van der Waals surface area contributed by atoms with Crippen LogP contribution in [0.1, 0.15) is 40.5 Å². The Morgan fingerprint density at radius 1 is 1.17 bits per heavy atom. The number of amides is 2. The Morgan fingerprint density at radius 2 is 1.88 bits per heavy atom. The number of hydrogen-bond acceptors (Lipinski definition) is 4. The maximum Gasteiger partial charge on any atom is 0.251 e. The van der Waals surface area contributed by atoms with Gasteiger partial charge >= 0.3 is 0 Å². The van der Waals surface area contributed by atoms with E-state index in [0.29, 0.717) is 35.9 Å². The minimum absolute atomic E-state index is 0.107. The van der Waals surface area contributed by atoms with Gasteiger partial charge in [-0.15, -0.1) is 0 Å². The molecule has 0 aliphatic carbocycles. The van der Waals surface area contributed by atoms with Gasteiger partial charge in [0.2, 0.25) is 11.8 Å². The van der Waals surface area contributed by atoms with Gasteiger partial charge in [0.15, 0.2) is 0 Å². The normalized spacial score (nSPS) is 10.5. The molecule has 2 aromatic rings. The molecule has 0 fully saturated rings. The van der Waals surface area contributed by atoms with Crippen LogP contribution in [0.5, 0.6) is 0 Å². The molecule has 24 heavy (non-hydrogen) atoms. The van der Waals surface area contributed by atoms with E-state index in [1.54, 1.807) is 24.3 Å². The molecule has 6 nitrogen and oxygen atoms in total. The van der Waals surface area contributed by atoms with E-state index in [2.05, 4.69) is 15.6 Å². The average Bonchev–Trinajstić information content (AvgIpc) is 2.88. The first-order valence-electron chi connectivity index (χ1n) is 7.69. The van der Waals surface area contributed by atoms with E-state index in [0.717, 1.165) is 11.5 Å². The van der Waals surface area contributed by atoms with Crippen LogP contribution in [-0.2, 0) is 11.3 Å². The number of nitrogens with one attached hydrogen (secondary N) is 2. The largest absolute Gasteiger partial charge is 0.444 e. The van der Waals surface area contributed by atoms with E-state index in [-0.39, 0.29) is 18.4 Å². The lowest BCUT2D eigenvalue weighted by atomic mass is 10.2. The number of rotatable bonds is 7. The summed E-state index contributed by atoms with van der Waals surface area (Å²) >= 11 is 5.77. The van der Waals surface area contributed by atoms with E-state index < -0.39 is 0 Å². The number of aryl methyl sites for hydroxylation is 2. The molecule has 0 unspecified atom stereocenters. The maximum atomic E-state index is 11.9. The number of hydrogen-bond donors (Lipinski definition) is 2. The van der Waals surface area contributed by atoms with Gasteiger partial charge in [-0.05, 0) is 44.5 Å².